The Morgan fingerprint density at radius 1 is 1.33 bits per heavy atom. The highest BCUT2D eigenvalue weighted by molar-refractivity contribution is 5.93. The van der Waals surface area contributed by atoms with Crippen molar-refractivity contribution in [3.8, 4) is 0 Å². The van der Waals surface area contributed by atoms with Crippen molar-refractivity contribution in [2.24, 2.45) is 5.73 Å². The monoisotopic (exact) mass is 331 g/mol. The second-order valence-electron chi connectivity index (χ2n) is 6.51. The van der Waals surface area contributed by atoms with Gasteiger partial charge in [-0.15, -0.1) is 0 Å². The van der Waals surface area contributed by atoms with E-state index < -0.39 is 17.2 Å². The Kier molecular flexibility index (Phi) is 3.35. The zero-order chi connectivity index (χ0) is 17.0. The van der Waals surface area contributed by atoms with E-state index in [1.54, 1.807) is 10.6 Å². The van der Waals surface area contributed by atoms with Gasteiger partial charge in [-0.05, 0) is 31.4 Å². The number of anilines is 1. The number of carboxylic acids is 1. The molecule has 7 heteroatoms. The number of fused-ring (bicyclic) bond motifs is 1. The van der Waals surface area contributed by atoms with Crippen LogP contribution >= 0.6 is 0 Å². The first-order valence-corrected chi connectivity index (χ1v) is 8.09. The third-order valence-electron chi connectivity index (χ3n) is 5.00. The minimum absolute atomic E-state index is 0.108. The van der Waals surface area contributed by atoms with Crippen molar-refractivity contribution in [2.45, 2.75) is 31.3 Å². The molecule has 1 aliphatic carbocycles. The highest BCUT2D eigenvalue weighted by atomic mass is 19.1. The summed E-state index contributed by atoms with van der Waals surface area (Å²) in [6, 6.07) is 3.12. The minimum Gasteiger partial charge on any atom is -0.477 e. The molecule has 2 heterocycles. The maximum atomic E-state index is 14.6. The first-order valence-electron chi connectivity index (χ1n) is 8.09. The van der Waals surface area contributed by atoms with Crippen LogP contribution < -0.4 is 16.1 Å². The Labute approximate surface area is 137 Å². The topological polar surface area (TPSA) is 88.6 Å². The first kappa shape index (κ1) is 15.1. The van der Waals surface area contributed by atoms with Gasteiger partial charge in [-0.25, -0.2) is 9.18 Å². The fourth-order valence-corrected chi connectivity index (χ4v) is 3.39. The predicted molar refractivity (Wildman–Crippen MR) is 88.2 cm³/mol. The van der Waals surface area contributed by atoms with Gasteiger partial charge in [-0.2, -0.15) is 0 Å². The maximum absolute atomic E-state index is 14.6. The van der Waals surface area contributed by atoms with Crippen LogP contribution in [0, 0.1) is 5.82 Å². The van der Waals surface area contributed by atoms with E-state index in [2.05, 4.69) is 0 Å². The summed E-state index contributed by atoms with van der Waals surface area (Å²) in [6.07, 6.45) is 4.17. The fraction of sp³-hybridized carbons (Fsp3) is 0.412. The van der Waals surface area contributed by atoms with E-state index in [9.17, 15) is 19.1 Å². The summed E-state index contributed by atoms with van der Waals surface area (Å²) in [5.74, 6) is -1.80. The van der Waals surface area contributed by atoms with E-state index in [1.807, 2.05) is 4.90 Å². The molecule has 2 aromatic rings. The lowest BCUT2D eigenvalue weighted by molar-refractivity contribution is 0.0695. The number of nitrogens with zero attached hydrogens (tertiary/aromatic N) is 2. The van der Waals surface area contributed by atoms with E-state index in [0.717, 1.165) is 25.8 Å². The van der Waals surface area contributed by atoms with Gasteiger partial charge in [0.05, 0.1) is 11.2 Å². The van der Waals surface area contributed by atoms with Crippen LogP contribution in [0.25, 0.3) is 10.9 Å². The summed E-state index contributed by atoms with van der Waals surface area (Å²) in [5, 5.41) is 9.37. The molecule has 3 N–H and O–H groups in total. The molecule has 1 saturated carbocycles. The van der Waals surface area contributed by atoms with Gasteiger partial charge in [0.1, 0.15) is 11.4 Å². The van der Waals surface area contributed by atoms with Gasteiger partial charge in [0.25, 0.3) is 0 Å². The third kappa shape index (κ3) is 2.19. The summed E-state index contributed by atoms with van der Waals surface area (Å²) >= 11 is 0. The van der Waals surface area contributed by atoms with E-state index in [-0.39, 0.29) is 23.0 Å². The number of rotatable bonds is 4. The van der Waals surface area contributed by atoms with Crippen LogP contribution in [0.4, 0.5) is 10.1 Å². The van der Waals surface area contributed by atoms with Crippen molar-refractivity contribution in [1.82, 2.24) is 4.57 Å². The van der Waals surface area contributed by atoms with Crippen molar-refractivity contribution in [3.63, 3.8) is 0 Å². The fourth-order valence-electron chi connectivity index (χ4n) is 3.39. The summed E-state index contributed by atoms with van der Waals surface area (Å²) in [4.78, 5) is 25.6. The van der Waals surface area contributed by atoms with Gasteiger partial charge in [-0.1, -0.05) is 0 Å². The molecule has 1 aliphatic heterocycles. The molecular formula is C17H18FN3O3. The number of aromatic carboxylic acids is 1. The maximum Gasteiger partial charge on any atom is 0.341 e. The van der Waals surface area contributed by atoms with Crippen molar-refractivity contribution >= 4 is 22.6 Å². The number of halogens is 1. The molecule has 0 spiro atoms. The zero-order valence-electron chi connectivity index (χ0n) is 13.0. The van der Waals surface area contributed by atoms with Crippen molar-refractivity contribution < 1.29 is 14.3 Å². The standard InChI is InChI=1S/C17H18FN3O3/c18-13-5-11-14(6-15(13)20-4-3-10(20)7-19)21(9-1-2-9)8-12(16(11)22)17(23)24/h5-6,8-10H,1-4,7,19H2,(H,23,24). The quantitative estimate of drug-likeness (QED) is 0.890. The SMILES string of the molecule is NCC1CCN1c1cc2c(cc1F)c(=O)c(C(=O)O)cn2C1CC1. The number of hydrogen-bond donors (Lipinski definition) is 2. The van der Waals surface area contributed by atoms with Gasteiger partial charge in [-0.3, -0.25) is 4.79 Å². The van der Waals surface area contributed by atoms with Gasteiger partial charge >= 0.3 is 5.97 Å². The predicted octanol–water partition coefficient (Wildman–Crippen LogP) is 1.71. The lowest BCUT2D eigenvalue weighted by Gasteiger charge is -2.42. The van der Waals surface area contributed by atoms with Crippen LogP contribution in [-0.2, 0) is 0 Å². The zero-order valence-corrected chi connectivity index (χ0v) is 13.0. The van der Waals surface area contributed by atoms with E-state index in [1.165, 1.54) is 12.3 Å². The van der Waals surface area contributed by atoms with Crippen LogP contribution in [-0.4, -0.2) is 34.8 Å². The molecule has 1 aromatic carbocycles. The van der Waals surface area contributed by atoms with E-state index >= 15 is 0 Å². The van der Waals surface area contributed by atoms with Gasteiger partial charge in [0.2, 0.25) is 5.43 Å². The Morgan fingerprint density at radius 3 is 2.62 bits per heavy atom. The van der Waals surface area contributed by atoms with Gasteiger partial charge in [0.15, 0.2) is 0 Å². The van der Waals surface area contributed by atoms with Crippen LogP contribution in [0.5, 0.6) is 0 Å². The number of hydrogen-bond acceptors (Lipinski definition) is 4. The molecule has 0 radical (unpaired) electrons. The number of pyridine rings is 1. The molecular weight excluding hydrogens is 313 g/mol. The molecule has 24 heavy (non-hydrogen) atoms. The largest absolute Gasteiger partial charge is 0.477 e. The molecule has 0 amide bonds. The Balaban J connectivity index is 1.96. The normalized spacial score (nSPS) is 20.2. The lowest BCUT2D eigenvalue weighted by Crippen LogP contribution is -2.52. The molecule has 6 nitrogen and oxygen atoms in total. The number of carboxylic acid groups (broad SMARTS) is 1. The highest BCUT2D eigenvalue weighted by Crippen LogP contribution is 2.39. The lowest BCUT2D eigenvalue weighted by atomic mass is 10.0. The molecule has 2 fully saturated rings. The summed E-state index contributed by atoms with van der Waals surface area (Å²) in [7, 11) is 0. The third-order valence-corrected chi connectivity index (χ3v) is 5.00. The second-order valence-corrected chi connectivity index (χ2v) is 6.51. The van der Waals surface area contributed by atoms with E-state index in [4.69, 9.17) is 5.73 Å². The van der Waals surface area contributed by atoms with Crippen LogP contribution in [0.3, 0.4) is 0 Å². The number of nitrogens with two attached hydrogens (primary N) is 1. The number of aromatic nitrogens is 1. The number of carbonyl (C=O) groups is 1. The van der Waals surface area contributed by atoms with Crippen molar-refractivity contribution in [3.05, 3.63) is 39.9 Å². The van der Waals surface area contributed by atoms with Gasteiger partial charge < -0.3 is 20.3 Å². The molecule has 2 aliphatic rings. The first-order chi connectivity index (χ1) is 11.5. The molecule has 126 valence electrons. The Bertz CT molecular complexity index is 902. The average Bonchev–Trinajstić information content (AvgIpc) is 3.33. The smallest absolute Gasteiger partial charge is 0.341 e. The van der Waals surface area contributed by atoms with Gasteiger partial charge in [0, 0.05) is 36.8 Å². The van der Waals surface area contributed by atoms with Crippen LogP contribution in [0.1, 0.15) is 35.7 Å². The Morgan fingerprint density at radius 2 is 2.08 bits per heavy atom. The van der Waals surface area contributed by atoms with Crippen molar-refractivity contribution in [1.29, 1.82) is 0 Å². The molecule has 4 rings (SSSR count). The molecule has 1 unspecified atom stereocenters. The average molecular weight is 331 g/mol. The molecule has 0 bridgehead atoms. The van der Waals surface area contributed by atoms with Crippen LogP contribution in [0.2, 0.25) is 0 Å². The Hall–Kier alpha value is -2.41. The van der Waals surface area contributed by atoms with E-state index in [0.29, 0.717) is 17.7 Å². The molecule has 1 aromatic heterocycles. The minimum atomic E-state index is -1.29. The second kappa shape index (κ2) is 5.31. The van der Waals surface area contributed by atoms with Crippen molar-refractivity contribution in [2.75, 3.05) is 18.0 Å². The molecule has 1 saturated heterocycles. The summed E-state index contributed by atoms with van der Waals surface area (Å²) in [5.41, 5.74) is 5.77. The molecule has 1 atom stereocenters. The van der Waals surface area contributed by atoms with Crippen LogP contribution in [0.15, 0.2) is 23.1 Å². The summed E-state index contributed by atoms with van der Waals surface area (Å²) in [6.45, 7) is 1.18. The highest BCUT2D eigenvalue weighted by Gasteiger charge is 2.31. The number of benzene rings is 1. The summed E-state index contributed by atoms with van der Waals surface area (Å²) < 4.78 is 16.4.